The van der Waals surface area contributed by atoms with Gasteiger partial charge in [0.05, 0.1) is 11.4 Å². The Kier molecular flexibility index (Phi) is 13.9. The number of benzene rings is 2. The quantitative estimate of drug-likeness (QED) is 0.261. The molecule has 0 N–H and O–H groups in total. The Morgan fingerprint density at radius 1 is 0.368 bits per heavy atom. The molecule has 6 heteroatoms. The van der Waals surface area contributed by atoms with Gasteiger partial charge in [0.2, 0.25) is 0 Å². The Labute approximate surface area is 243 Å². The van der Waals surface area contributed by atoms with Crippen LogP contribution < -0.4 is 12.4 Å². The summed E-state index contributed by atoms with van der Waals surface area (Å²) in [6, 6.07) is 45.2. The van der Waals surface area contributed by atoms with Gasteiger partial charge in [-0.15, -0.1) is 71.8 Å². The van der Waals surface area contributed by atoms with E-state index in [9.17, 15) is 0 Å². The Morgan fingerprint density at radius 3 is 0.947 bits per heavy atom. The van der Waals surface area contributed by atoms with E-state index in [2.05, 4.69) is 32.1 Å². The zero-order valence-electron chi connectivity index (χ0n) is 20.4. The number of hydrogen-bond donors (Lipinski definition) is 0. The van der Waals surface area contributed by atoms with Crippen LogP contribution in [0.25, 0.3) is 33.9 Å². The van der Waals surface area contributed by atoms with Crippen LogP contribution in [0.5, 0.6) is 0 Å². The fourth-order valence-electron chi connectivity index (χ4n) is 3.18. The normalized spacial score (nSPS) is 9.16. The van der Waals surface area contributed by atoms with Crippen molar-refractivity contribution in [2.24, 2.45) is 0 Å². The van der Waals surface area contributed by atoms with Crippen molar-refractivity contribution in [1.29, 1.82) is 0 Å². The third-order valence-corrected chi connectivity index (χ3v) is 4.89. The molecule has 0 saturated heterocycles. The molecule has 0 aliphatic heterocycles. The van der Waals surface area contributed by atoms with Gasteiger partial charge in [-0.05, 0) is 47.8 Å². The van der Waals surface area contributed by atoms with Crippen LogP contribution in [0.1, 0.15) is 0 Å². The molecule has 38 heavy (non-hydrogen) atoms. The van der Waals surface area contributed by atoms with Gasteiger partial charge >= 0.3 is 20.1 Å². The van der Waals surface area contributed by atoms with Crippen LogP contribution >= 0.6 is 0 Å². The van der Waals surface area contributed by atoms with Gasteiger partial charge in [-0.2, -0.15) is 0 Å². The van der Waals surface area contributed by atoms with Crippen LogP contribution in [0.2, 0.25) is 0 Å². The van der Waals surface area contributed by atoms with Crippen molar-refractivity contribution in [1.82, 2.24) is 19.9 Å². The van der Waals surface area contributed by atoms with E-state index in [-0.39, 0.29) is 32.5 Å². The van der Waals surface area contributed by atoms with Crippen molar-refractivity contribution in [2.75, 3.05) is 0 Å². The number of rotatable bonds is 3. The van der Waals surface area contributed by atoms with E-state index < -0.39 is 0 Å². The van der Waals surface area contributed by atoms with Crippen molar-refractivity contribution < 1.29 is 32.5 Å². The second-order valence-electron chi connectivity index (χ2n) is 7.41. The van der Waals surface area contributed by atoms with Crippen LogP contribution in [-0.4, -0.2) is 19.9 Å². The van der Waals surface area contributed by atoms with Crippen molar-refractivity contribution >= 4 is 0 Å². The number of nitrogens with zero attached hydrogens (tertiary/aromatic N) is 4. The fraction of sp³-hybridized carbons (Fsp3) is 0. The molecule has 4 heterocycles. The second kappa shape index (κ2) is 17.4. The predicted molar refractivity (Wildman–Crippen MR) is 144 cm³/mol. The van der Waals surface area contributed by atoms with Crippen molar-refractivity contribution in [3.05, 3.63) is 158 Å². The van der Waals surface area contributed by atoms with Gasteiger partial charge in [0, 0.05) is 24.8 Å². The maximum Gasteiger partial charge on any atom is 3.00 e. The summed E-state index contributed by atoms with van der Waals surface area (Å²) < 4.78 is 0. The average molecular weight is 692 g/mol. The molecule has 6 rings (SSSR count). The summed E-state index contributed by atoms with van der Waals surface area (Å²) in [5, 5.41) is 0. The number of aromatic nitrogens is 4. The summed E-state index contributed by atoms with van der Waals surface area (Å²) in [6.07, 6.45) is 7.11. The molecule has 4 nitrogen and oxygen atoms in total. The molecular weight excluding hydrogens is 668 g/mol. The molecule has 0 radical (unpaired) electrons. The van der Waals surface area contributed by atoms with E-state index in [1.807, 2.05) is 121 Å². The zero-order valence-corrected chi connectivity index (χ0v) is 23.5. The van der Waals surface area contributed by atoms with E-state index in [1.165, 1.54) is 0 Å². The summed E-state index contributed by atoms with van der Waals surface area (Å²) in [5.41, 5.74) is 5.85. The summed E-state index contributed by atoms with van der Waals surface area (Å²) in [5.74, 6) is 0. The first-order chi connectivity index (χ1) is 17.9. The maximum absolute atomic E-state index is 4.22. The van der Waals surface area contributed by atoms with Crippen LogP contribution in [0.4, 0.5) is 0 Å². The molecular formula is C32H24ClIrN4. The summed E-state index contributed by atoms with van der Waals surface area (Å²) >= 11 is 0. The smallest absolute Gasteiger partial charge is 1.00 e. The molecule has 0 saturated carbocycles. The summed E-state index contributed by atoms with van der Waals surface area (Å²) in [4.78, 5) is 16.8. The van der Waals surface area contributed by atoms with Crippen LogP contribution in [-0.2, 0) is 20.1 Å². The SMILES string of the molecule is [Cl-].[Ir+3].[c-]1ccccc1-c1ccccn1.[c-]1ccccc1-c1ccccn1.c1ccc(-c2ccccn2)nc1. The standard InChI is InChI=1S/2C11H8N.C10H8N2.ClH.Ir/c2*1-2-6-10(7-3-1)11-8-4-5-9-12-11;1-3-7-11-9(5-1)10-6-2-4-8-12-10;;/h2*1-6,8-9H;1-8H;1H;/q2*-1;;;+3/p-1. The predicted octanol–water partition coefficient (Wildman–Crippen LogP) is 4.24. The van der Waals surface area contributed by atoms with Gasteiger partial charge in [-0.3, -0.25) is 9.97 Å². The third-order valence-electron chi connectivity index (χ3n) is 4.89. The van der Waals surface area contributed by atoms with Crippen molar-refractivity contribution in [3.8, 4) is 33.9 Å². The molecule has 0 spiro atoms. The molecule has 6 aromatic rings. The van der Waals surface area contributed by atoms with Gasteiger partial charge in [0.15, 0.2) is 0 Å². The molecule has 0 bridgehead atoms. The van der Waals surface area contributed by atoms with Gasteiger partial charge in [-0.1, -0.05) is 36.4 Å². The monoisotopic (exact) mass is 692 g/mol. The van der Waals surface area contributed by atoms with E-state index in [0.29, 0.717) is 0 Å². The third kappa shape index (κ3) is 9.79. The van der Waals surface area contributed by atoms with Gasteiger partial charge in [0.25, 0.3) is 0 Å². The topological polar surface area (TPSA) is 51.6 Å². The van der Waals surface area contributed by atoms with Crippen molar-refractivity contribution in [3.63, 3.8) is 0 Å². The Morgan fingerprint density at radius 2 is 0.684 bits per heavy atom. The molecule has 0 aliphatic rings. The number of pyridine rings is 4. The van der Waals surface area contributed by atoms with E-state index >= 15 is 0 Å². The molecule has 0 fully saturated rings. The number of halogens is 1. The molecule has 0 unspecified atom stereocenters. The van der Waals surface area contributed by atoms with Crippen molar-refractivity contribution in [2.45, 2.75) is 0 Å². The Hall–Kier alpha value is -4.02. The second-order valence-corrected chi connectivity index (χ2v) is 7.41. The molecule has 4 aromatic heterocycles. The number of hydrogen-bond acceptors (Lipinski definition) is 4. The minimum Gasteiger partial charge on any atom is -1.00 e. The van der Waals surface area contributed by atoms with Crippen LogP contribution in [0.3, 0.4) is 0 Å². The fourth-order valence-corrected chi connectivity index (χ4v) is 3.18. The van der Waals surface area contributed by atoms with Gasteiger partial charge in [-0.25, -0.2) is 0 Å². The van der Waals surface area contributed by atoms with Gasteiger partial charge in [0.1, 0.15) is 0 Å². The minimum absolute atomic E-state index is 0. The minimum atomic E-state index is 0. The van der Waals surface area contributed by atoms with Crippen LogP contribution in [0.15, 0.2) is 146 Å². The average Bonchev–Trinajstić information content (AvgIpc) is 3.01. The summed E-state index contributed by atoms with van der Waals surface area (Å²) in [6.45, 7) is 0. The first-order valence-electron chi connectivity index (χ1n) is 11.5. The largest absolute Gasteiger partial charge is 3.00 e. The van der Waals surface area contributed by atoms with Gasteiger partial charge < -0.3 is 22.4 Å². The van der Waals surface area contributed by atoms with Crippen LogP contribution in [0, 0.1) is 12.1 Å². The summed E-state index contributed by atoms with van der Waals surface area (Å²) in [7, 11) is 0. The molecule has 0 aliphatic carbocycles. The molecule has 0 amide bonds. The first kappa shape index (κ1) is 30.2. The Balaban J connectivity index is 0.000000195. The van der Waals surface area contributed by atoms with E-state index in [4.69, 9.17) is 0 Å². The maximum atomic E-state index is 4.22. The molecule has 188 valence electrons. The molecule has 2 aromatic carbocycles. The van der Waals surface area contributed by atoms with E-state index in [0.717, 1.165) is 33.9 Å². The first-order valence-corrected chi connectivity index (χ1v) is 11.5. The zero-order chi connectivity index (χ0) is 24.7. The van der Waals surface area contributed by atoms with E-state index in [1.54, 1.807) is 24.8 Å². The Bertz CT molecular complexity index is 1100. The molecule has 0 atom stereocenters.